The zero-order valence-corrected chi connectivity index (χ0v) is 17.0. The minimum absolute atomic E-state index is 0.0423. The number of benzene rings is 2. The van der Waals surface area contributed by atoms with Gasteiger partial charge < -0.3 is 10.2 Å². The average Bonchev–Trinajstić information content (AvgIpc) is 2.63. The van der Waals surface area contributed by atoms with Crippen molar-refractivity contribution in [1.29, 1.82) is 0 Å². The highest BCUT2D eigenvalue weighted by molar-refractivity contribution is 7.89. The molecule has 0 radical (unpaired) electrons. The number of nitrogens with zero attached hydrogens (tertiary/aromatic N) is 1. The van der Waals surface area contributed by atoms with Crippen LogP contribution in [-0.2, 0) is 19.6 Å². The second-order valence-corrected chi connectivity index (χ2v) is 8.39. The summed E-state index contributed by atoms with van der Waals surface area (Å²) in [7, 11) is -2.16. The van der Waals surface area contributed by atoms with Crippen molar-refractivity contribution in [2.24, 2.45) is 0 Å². The summed E-state index contributed by atoms with van der Waals surface area (Å²) >= 11 is 0. The van der Waals surface area contributed by atoms with Crippen molar-refractivity contribution in [3.63, 3.8) is 0 Å². The molecule has 28 heavy (non-hydrogen) atoms. The van der Waals surface area contributed by atoms with Gasteiger partial charge in [-0.2, -0.15) is 0 Å². The fourth-order valence-electron chi connectivity index (χ4n) is 2.42. The molecule has 2 rings (SSSR count). The van der Waals surface area contributed by atoms with Crippen LogP contribution in [0, 0.1) is 13.8 Å². The van der Waals surface area contributed by atoms with Gasteiger partial charge in [-0.05, 0) is 38.1 Å². The Hall–Kier alpha value is -2.71. The van der Waals surface area contributed by atoms with E-state index in [1.165, 1.54) is 24.1 Å². The van der Waals surface area contributed by atoms with Crippen molar-refractivity contribution >= 4 is 27.5 Å². The highest BCUT2D eigenvalue weighted by Gasteiger charge is 2.16. The minimum atomic E-state index is -3.67. The van der Waals surface area contributed by atoms with Crippen molar-refractivity contribution in [2.45, 2.75) is 25.2 Å². The highest BCUT2D eigenvalue weighted by atomic mass is 32.2. The van der Waals surface area contributed by atoms with Gasteiger partial charge in [-0.3, -0.25) is 9.59 Å². The monoisotopic (exact) mass is 403 g/mol. The van der Waals surface area contributed by atoms with Gasteiger partial charge in [0, 0.05) is 25.7 Å². The predicted molar refractivity (Wildman–Crippen MR) is 108 cm³/mol. The number of anilines is 1. The molecule has 0 aliphatic rings. The van der Waals surface area contributed by atoms with Crippen LogP contribution in [0.5, 0.6) is 0 Å². The number of rotatable bonds is 8. The molecule has 0 aliphatic carbocycles. The number of carbonyl (C=O) groups is 2. The van der Waals surface area contributed by atoms with Crippen molar-refractivity contribution in [3.05, 3.63) is 59.7 Å². The lowest BCUT2D eigenvalue weighted by atomic mass is 10.2. The van der Waals surface area contributed by atoms with Crippen LogP contribution in [-0.4, -0.2) is 45.3 Å². The fraction of sp³-hybridized carbons (Fsp3) is 0.300. The van der Waals surface area contributed by atoms with Crippen molar-refractivity contribution in [1.82, 2.24) is 9.62 Å². The average molecular weight is 404 g/mol. The molecule has 0 aliphatic heterocycles. The second-order valence-electron chi connectivity index (χ2n) is 6.62. The SMILES string of the molecule is Cc1ccc(NC(=O)CN(C)C(=O)CCNS(=O)(=O)c2ccc(C)cc2)cc1. The van der Waals surface area contributed by atoms with Gasteiger partial charge in [0.05, 0.1) is 11.4 Å². The summed E-state index contributed by atoms with van der Waals surface area (Å²) < 4.78 is 26.8. The molecule has 0 spiro atoms. The molecule has 8 heteroatoms. The molecule has 0 aromatic heterocycles. The lowest BCUT2D eigenvalue weighted by Gasteiger charge is -2.17. The Morgan fingerprint density at radius 3 is 2.04 bits per heavy atom. The molecule has 0 bridgehead atoms. The molecule has 2 aromatic rings. The molecule has 2 amide bonds. The normalized spacial score (nSPS) is 11.1. The van der Waals surface area contributed by atoms with Crippen molar-refractivity contribution < 1.29 is 18.0 Å². The van der Waals surface area contributed by atoms with Crippen LogP contribution < -0.4 is 10.0 Å². The standard InChI is InChI=1S/C20H25N3O4S/c1-15-4-8-17(9-5-15)22-19(24)14-23(3)20(25)12-13-21-28(26,27)18-10-6-16(2)7-11-18/h4-11,21H,12-14H2,1-3H3,(H,22,24). The molecule has 7 nitrogen and oxygen atoms in total. The first-order valence-electron chi connectivity index (χ1n) is 8.84. The van der Waals surface area contributed by atoms with E-state index in [1.54, 1.807) is 24.3 Å². The summed E-state index contributed by atoms with van der Waals surface area (Å²) in [6, 6.07) is 13.8. The Balaban J connectivity index is 1.79. The van der Waals surface area contributed by atoms with Gasteiger partial charge in [-0.1, -0.05) is 35.4 Å². The van der Waals surface area contributed by atoms with E-state index in [9.17, 15) is 18.0 Å². The van der Waals surface area contributed by atoms with Gasteiger partial charge in [0.15, 0.2) is 0 Å². The minimum Gasteiger partial charge on any atom is -0.336 e. The summed E-state index contributed by atoms with van der Waals surface area (Å²) in [5.74, 6) is -0.648. The molecule has 0 fully saturated rings. The van der Waals surface area contributed by atoms with Crippen LogP contribution >= 0.6 is 0 Å². The van der Waals surface area contributed by atoms with E-state index in [4.69, 9.17) is 0 Å². The van der Waals surface area contributed by atoms with E-state index in [1.807, 2.05) is 26.0 Å². The van der Waals surface area contributed by atoms with Gasteiger partial charge in [0.1, 0.15) is 0 Å². The Labute approximate surface area is 165 Å². The summed E-state index contributed by atoms with van der Waals surface area (Å²) in [4.78, 5) is 25.6. The number of aryl methyl sites for hydroxylation is 2. The Kier molecular flexibility index (Phi) is 7.31. The molecule has 0 saturated heterocycles. The lowest BCUT2D eigenvalue weighted by molar-refractivity contribution is -0.133. The first-order chi connectivity index (χ1) is 13.2. The molecule has 0 atom stereocenters. The third kappa shape index (κ3) is 6.47. The quantitative estimate of drug-likeness (QED) is 0.705. The molecular formula is C20H25N3O4S. The number of nitrogens with one attached hydrogen (secondary N) is 2. The number of hydrogen-bond acceptors (Lipinski definition) is 4. The van der Waals surface area contributed by atoms with E-state index in [2.05, 4.69) is 10.0 Å². The Morgan fingerprint density at radius 2 is 1.46 bits per heavy atom. The predicted octanol–water partition coefficient (Wildman–Crippen LogP) is 2.07. The molecule has 2 N–H and O–H groups in total. The van der Waals surface area contributed by atoms with Crippen LogP contribution in [0.2, 0.25) is 0 Å². The number of carbonyl (C=O) groups excluding carboxylic acids is 2. The first-order valence-corrected chi connectivity index (χ1v) is 10.3. The topological polar surface area (TPSA) is 95.6 Å². The van der Waals surface area contributed by atoms with Crippen LogP contribution in [0.25, 0.3) is 0 Å². The largest absolute Gasteiger partial charge is 0.336 e. The van der Waals surface area contributed by atoms with Gasteiger partial charge in [0.2, 0.25) is 21.8 Å². The van der Waals surface area contributed by atoms with Crippen LogP contribution in [0.4, 0.5) is 5.69 Å². The fourth-order valence-corrected chi connectivity index (χ4v) is 3.46. The number of hydrogen-bond donors (Lipinski definition) is 2. The van der Waals surface area contributed by atoms with Crippen molar-refractivity contribution in [2.75, 3.05) is 25.5 Å². The first kappa shape index (κ1) is 21.6. The van der Waals surface area contributed by atoms with E-state index in [-0.39, 0.29) is 36.2 Å². The van der Waals surface area contributed by atoms with Gasteiger partial charge in [0.25, 0.3) is 0 Å². The number of sulfonamides is 1. The third-order valence-corrected chi connectivity index (χ3v) is 5.58. The Bertz CT molecular complexity index is 923. The zero-order chi connectivity index (χ0) is 20.7. The van der Waals surface area contributed by atoms with Crippen molar-refractivity contribution in [3.8, 4) is 0 Å². The number of likely N-dealkylation sites (N-methyl/N-ethyl adjacent to an activating group) is 1. The van der Waals surface area contributed by atoms with Gasteiger partial charge in [-0.25, -0.2) is 13.1 Å². The molecule has 0 heterocycles. The van der Waals surface area contributed by atoms with E-state index >= 15 is 0 Å². The van der Waals surface area contributed by atoms with Gasteiger partial charge >= 0.3 is 0 Å². The molecule has 0 saturated carbocycles. The van der Waals surface area contributed by atoms with Crippen LogP contribution in [0.15, 0.2) is 53.4 Å². The highest BCUT2D eigenvalue weighted by Crippen LogP contribution is 2.10. The summed E-state index contributed by atoms with van der Waals surface area (Å²) in [6.45, 7) is 3.66. The van der Waals surface area contributed by atoms with Crippen LogP contribution in [0.3, 0.4) is 0 Å². The van der Waals surface area contributed by atoms with E-state index in [0.717, 1.165) is 11.1 Å². The maximum Gasteiger partial charge on any atom is 0.243 e. The maximum atomic E-state index is 12.2. The van der Waals surface area contributed by atoms with Gasteiger partial charge in [-0.15, -0.1) is 0 Å². The third-order valence-electron chi connectivity index (χ3n) is 4.10. The second kappa shape index (κ2) is 9.48. The summed E-state index contributed by atoms with van der Waals surface area (Å²) in [5.41, 5.74) is 2.69. The van der Waals surface area contributed by atoms with E-state index < -0.39 is 10.0 Å². The van der Waals surface area contributed by atoms with Crippen LogP contribution in [0.1, 0.15) is 17.5 Å². The van der Waals surface area contributed by atoms with E-state index in [0.29, 0.717) is 5.69 Å². The number of amides is 2. The summed E-state index contributed by atoms with van der Waals surface area (Å²) in [5, 5.41) is 2.72. The summed E-state index contributed by atoms with van der Waals surface area (Å²) in [6.07, 6.45) is -0.0423. The zero-order valence-electron chi connectivity index (χ0n) is 16.2. The Morgan fingerprint density at radius 1 is 0.929 bits per heavy atom. The molecule has 0 unspecified atom stereocenters. The molecule has 150 valence electrons. The molecular weight excluding hydrogens is 378 g/mol. The maximum absolute atomic E-state index is 12.2. The molecule has 2 aromatic carbocycles. The smallest absolute Gasteiger partial charge is 0.243 e. The lowest BCUT2D eigenvalue weighted by Crippen LogP contribution is -2.37.